The molecule has 2 aromatic carbocycles. The fourth-order valence-electron chi connectivity index (χ4n) is 2.19. The Morgan fingerprint density at radius 2 is 1.69 bits per heavy atom. The second-order valence-corrected chi connectivity index (χ2v) is 5.72. The number of nitrogens with one attached hydrogen (secondary N) is 1. The number of benzene rings is 2. The van der Waals surface area contributed by atoms with Gasteiger partial charge >= 0.3 is 5.97 Å². The Kier molecular flexibility index (Phi) is 6.27. The van der Waals surface area contributed by atoms with Gasteiger partial charge in [0, 0.05) is 31.4 Å². The van der Waals surface area contributed by atoms with Crippen LogP contribution in [0, 0.1) is 0 Å². The van der Waals surface area contributed by atoms with Gasteiger partial charge in [-0.1, -0.05) is 18.2 Å². The number of amides is 2. The highest BCUT2D eigenvalue weighted by Crippen LogP contribution is 2.12. The molecule has 6 nitrogen and oxygen atoms in total. The average molecular weight is 352 g/mol. The van der Waals surface area contributed by atoms with Crippen molar-refractivity contribution in [2.45, 2.75) is 0 Å². The highest BCUT2D eigenvalue weighted by molar-refractivity contribution is 6.02. The SMILES string of the molecule is COC(=O)c1cccc(NC(=O)/C=C/c2ccc(C(=O)N(C)C)cc2)c1. The summed E-state index contributed by atoms with van der Waals surface area (Å²) in [5.74, 6) is -0.881. The Morgan fingerprint density at radius 1 is 1.00 bits per heavy atom. The van der Waals surface area contributed by atoms with E-state index < -0.39 is 5.97 Å². The van der Waals surface area contributed by atoms with E-state index in [1.165, 1.54) is 18.1 Å². The van der Waals surface area contributed by atoms with Crippen LogP contribution in [0.1, 0.15) is 26.3 Å². The van der Waals surface area contributed by atoms with E-state index in [4.69, 9.17) is 0 Å². The van der Waals surface area contributed by atoms with Crippen LogP contribution in [0.15, 0.2) is 54.6 Å². The molecule has 0 saturated carbocycles. The molecule has 0 aliphatic heterocycles. The van der Waals surface area contributed by atoms with Crippen molar-refractivity contribution in [1.82, 2.24) is 4.90 Å². The molecule has 6 heteroatoms. The van der Waals surface area contributed by atoms with Crippen molar-refractivity contribution in [3.63, 3.8) is 0 Å². The molecule has 0 heterocycles. The molecule has 26 heavy (non-hydrogen) atoms. The van der Waals surface area contributed by atoms with Crippen LogP contribution in [0.25, 0.3) is 6.08 Å². The molecule has 0 bridgehead atoms. The van der Waals surface area contributed by atoms with Crippen LogP contribution in [-0.2, 0) is 9.53 Å². The van der Waals surface area contributed by atoms with Crippen molar-refractivity contribution < 1.29 is 19.1 Å². The second kappa shape index (κ2) is 8.62. The Balaban J connectivity index is 2.01. The van der Waals surface area contributed by atoms with Crippen molar-refractivity contribution in [1.29, 1.82) is 0 Å². The van der Waals surface area contributed by atoms with Crippen molar-refractivity contribution in [2.75, 3.05) is 26.5 Å². The monoisotopic (exact) mass is 352 g/mol. The largest absolute Gasteiger partial charge is 0.465 e. The van der Waals surface area contributed by atoms with Crippen LogP contribution >= 0.6 is 0 Å². The van der Waals surface area contributed by atoms with Crippen molar-refractivity contribution in [3.05, 3.63) is 71.3 Å². The Labute approximate surface area is 152 Å². The Morgan fingerprint density at radius 3 is 2.31 bits per heavy atom. The van der Waals surface area contributed by atoms with E-state index in [9.17, 15) is 14.4 Å². The predicted octanol–water partition coefficient (Wildman–Crippen LogP) is 2.83. The molecule has 2 amide bonds. The standard InChI is InChI=1S/C20H20N2O4/c1-22(2)19(24)15-10-7-14(8-11-15)9-12-18(23)21-17-6-4-5-16(13-17)20(25)26-3/h4-13H,1-3H3,(H,21,23)/b12-9+. The molecule has 0 saturated heterocycles. The number of rotatable bonds is 5. The average Bonchev–Trinajstić information content (AvgIpc) is 2.65. The first-order valence-electron chi connectivity index (χ1n) is 7.90. The number of nitrogens with zero attached hydrogens (tertiary/aromatic N) is 1. The zero-order chi connectivity index (χ0) is 19.1. The van der Waals surface area contributed by atoms with Gasteiger partial charge in [-0.25, -0.2) is 4.79 Å². The highest BCUT2D eigenvalue weighted by atomic mass is 16.5. The normalized spacial score (nSPS) is 10.4. The molecule has 2 rings (SSSR count). The summed E-state index contributed by atoms with van der Waals surface area (Å²) < 4.78 is 4.65. The number of ether oxygens (including phenoxy) is 1. The van der Waals surface area contributed by atoms with Crippen molar-refractivity contribution in [3.8, 4) is 0 Å². The van der Waals surface area contributed by atoms with Gasteiger partial charge in [0.2, 0.25) is 5.91 Å². The fourth-order valence-corrected chi connectivity index (χ4v) is 2.19. The van der Waals surface area contributed by atoms with Crippen LogP contribution in [0.4, 0.5) is 5.69 Å². The van der Waals surface area contributed by atoms with E-state index in [1.807, 2.05) is 0 Å². The van der Waals surface area contributed by atoms with Gasteiger partial charge in [-0.05, 0) is 42.0 Å². The summed E-state index contributed by atoms with van der Waals surface area (Å²) in [6.07, 6.45) is 3.02. The fraction of sp³-hybridized carbons (Fsp3) is 0.150. The number of carbonyl (C=O) groups is 3. The lowest BCUT2D eigenvalue weighted by molar-refractivity contribution is -0.111. The molecule has 0 atom stereocenters. The topological polar surface area (TPSA) is 75.7 Å². The van der Waals surface area contributed by atoms with Gasteiger partial charge in [0.1, 0.15) is 0 Å². The maximum absolute atomic E-state index is 12.0. The van der Waals surface area contributed by atoms with E-state index in [0.717, 1.165) is 5.56 Å². The first-order chi connectivity index (χ1) is 12.4. The number of hydrogen-bond acceptors (Lipinski definition) is 4. The molecular formula is C20H20N2O4. The number of anilines is 1. The lowest BCUT2D eigenvalue weighted by Gasteiger charge is -2.09. The van der Waals surface area contributed by atoms with Crippen molar-refractivity contribution >= 4 is 29.5 Å². The van der Waals surface area contributed by atoms with Gasteiger partial charge in [-0.15, -0.1) is 0 Å². The summed E-state index contributed by atoms with van der Waals surface area (Å²) in [5, 5.41) is 2.68. The lowest BCUT2D eigenvalue weighted by Crippen LogP contribution is -2.21. The Hall–Kier alpha value is -3.41. The third kappa shape index (κ3) is 5.04. The molecule has 0 fully saturated rings. The van der Waals surface area contributed by atoms with E-state index in [2.05, 4.69) is 10.1 Å². The first-order valence-corrected chi connectivity index (χ1v) is 7.90. The molecule has 0 aliphatic carbocycles. The molecular weight excluding hydrogens is 332 g/mol. The molecule has 1 N–H and O–H groups in total. The third-order valence-electron chi connectivity index (χ3n) is 3.54. The maximum atomic E-state index is 12.0. The molecule has 0 unspecified atom stereocenters. The van der Waals surface area contributed by atoms with Gasteiger partial charge < -0.3 is 15.0 Å². The highest BCUT2D eigenvalue weighted by Gasteiger charge is 2.08. The van der Waals surface area contributed by atoms with Gasteiger partial charge in [-0.2, -0.15) is 0 Å². The Bertz CT molecular complexity index is 839. The van der Waals surface area contributed by atoms with Crippen LogP contribution in [-0.4, -0.2) is 43.9 Å². The molecule has 0 aliphatic rings. The van der Waals surface area contributed by atoms with E-state index >= 15 is 0 Å². The van der Waals surface area contributed by atoms with E-state index in [-0.39, 0.29) is 11.8 Å². The van der Waals surface area contributed by atoms with Gasteiger partial charge in [0.25, 0.3) is 5.91 Å². The van der Waals surface area contributed by atoms with E-state index in [1.54, 1.807) is 68.7 Å². The van der Waals surface area contributed by atoms with Gasteiger partial charge in [0.05, 0.1) is 12.7 Å². The van der Waals surface area contributed by atoms with Crippen molar-refractivity contribution in [2.24, 2.45) is 0 Å². The van der Waals surface area contributed by atoms with E-state index in [0.29, 0.717) is 16.8 Å². The van der Waals surface area contributed by atoms with Crippen LogP contribution < -0.4 is 5.32 Å². The zero-order valence-electron chi connectivity index (χ0n) is 14.9. The summed E-state index contributed by atoms with van der Waals surface area (Å²) in [7, 11) is 4.68. The quantitative estimate of drug-likeness (QED) is 0.663. The number of hydrogen-bond donors (Lipinski definition) is 1. The summed E-state index contributed by atoms with van der Waals surface area (Å²) in [5.41, 5.74) is 2.22. The number of esters is 1. The second-order valence-electron chi connectivity index (χ2n) is 5.72. The number of methoxy groups -OCH3 is 1. The molecule has 0 radical (unpaired) electrons. The smallest absolute Gasteiger partial charge is 0.337 e. The zero-order valence-corrected chi connectivity index (χ0v) is 14.9. The maximum Gasteiger partial charge on any atom is 0.337 e. The van der Waals surface area contributed by atoms with Crippen LogP contribution in [0.5, 0.6) is 0 Å². The minimum atomic E-state index is -0.469. The van der Waals surface area contributed by atoms with Gasteiger partial charge in [-0.3, -0.25) is 9.59 Å². The van der Waals surface area contributed by atoms with Crippen LogP contribution in [0.2, 0.25) is 0 Å². The minimum absolute atomic E-state index is 0.0799. The molecule has 0 spiro atoms. The first kappa shape index (κ1) is 18.9. The van der Waals surface area contributed by atoms with Crippen LogP contribution in [0.3, 0.4) is 0 Å². The molecule has 134 valence electrons. The third-order valence-corrected chi connectivity index (χ3v) is 3.54. The summed E-state index contributed by atoms with van der Waals surface area (Å²) >= 11 is 0. The summed E-state index contributed by atoms with van der Waals surface area (Å²) in [6.45, 7) is 0. The predicted molar refractivity (Wildman–Crippen MR) is 99.9 cm³/mol. The summed E-state index contributed by atoms with van der Waals surface area (Å²) in [6, 6.07) is 13.4. The minimum Gasteiger partial charge on any atom is -0.465 e. The molecule has 0 aromatic heterocycles. The lowest BCUT2D eigenvalue weighted by atomic mass is 10.1. The molecule has 2 aromatic rings. The van der Waals surface area contributed by atoms with Gasteiger partial charge in [0.15, 0.2) is 0 Å². The number of carbonyl (C=O) groups excluding carboxylic acids is 3. The summed E-state index contributed by atoms with van der Waals surface area (Å²) in [4.78, 5) is 36.9.